The van der Waals surface area contributed by atoms with Crippen LogP contribution in [0.25, 0.3) is 6.08 Å². The van der Waals surface area contributed by atoms with Gasteiger partial charge in [0.1, 0.15) is 5.82 Å². The second kappa shape index (κ2) is 8.78. The number of aromatic nitrogens is 2. The average molecular weight is 373 g/mol. The number of likely N-dealkylation sites (tertiary alicyclic amines) is 1. The average Bonchev–Trinajstić information content (AvgIpc) is 3.08. The number of hydrogen-bond donors (Lipinski definition) is 2. The number of nitrogens with zero attached hydrogens (tertiary/aromatic N) is 3. The third kappa shape index (κ3) is 5.28. The first-order valence-corrected chi connectivity index (χ1v) is 8.93. The lowest BCUT2D eigenvalue weighted by atomic mass is 10.1. The van der Waals surface area contributed by atoms with Gasteiger partial charge in [0.25, 0.3) is 0 Å². The minimum Gasteiger partial charge on any atom is -0.478 e. The van der Waals surface area contributed by atoms with Crippen LogP contribution in [0.2, 0.25) is 5.02 Å². The van der Waals surface area contributed by atoms with Crippen molar-refractivity contribution in [2.24, 2.45) is 0 Å². The van der Waals surface area contributed by atoms with E-state index in [1.165, 1.54) is 11.6 Å². The van der Waals surface area contributed by atoms with E-state index >= 15 is 0 Å². The van der Waals surface area contributed by atoms with Gasteiger partial charge in [-0.2, -0.15) is 0 Å². The van der Waals surface area contributed by atoms with E-state index in [1.807, 2.05) is 18.2 Å². The van der Waals surface area contributed by atoms with E-state index in [2.05, 4.69) is 26.3 Å². The van der Waals surface area contributed by atoms with Crippen molar-refractivity contribution in [3.63, 3.8) is 0 Å². The zero-order valence-electron chi connectivity index (χ0n) is 14.3. The second-order valence-electron chi connectivity index (χ2n) is 6.27. The lowest BCUT2D eigenvalue weighted by molar-refractivity contribution is -0.131. The zero-order chi connectivity index (χ0) is 18.4. The highest BCUT2D eigenvalue weighted by molar-refractivity contribution is 6.31. The molecule has 7 heteroatoms. The Bertz CT molecular complexity index is 779. The van der Waals surface area contributed by atoms with Crippen molar-refractivity contribution in [1.82, 2.24) is 14.9 Å². The fraction of sp³-hybridized carbons (Fsp3) is 0.316. The quantitative estimate of drug-likeness (QED) is 0.727. The summed E-state index contributed by atoms with van der Waals surface area (Å²) in [5.41, 5.74) is 1.70. The first kappa shape index (κ1) is 18.4. The summed E-state index contributed by atoms with van der Waals surface area (Å²) < 4.78 is 0. The van der Waals surface area contributed by atoms with Gasteiger partial charge < -0.3 is 15.3 Å². The van der Waals surface area contributed by atoms with Gasteiger partial charge in [0.15, 0.2) is 0 Å². The van der Waals surface area contributed by atoms with Crippen LogP contribution in [0.3, 0.4) is 0 Å². The standard InChI is InChI=1S/C19H21ClN4O2/c20-17-4-2-1-3-14(17)7-9-24-10-8-16(13-24)23-18-12-21-15(11-22-18)5-6-19(25)26/h1-6,11-12,16H,7-10,13H2,(H,22,23)(H,25,26)/t16-/m1/s1. The smallest absolute Gasteiger partial charge is 0.328 e. The summed E-state index contributed by atoms with van der Waals surface area (Å²) in [7, 11) is 0. The molecule has 0 spiro atoms. The van der Waals surface area contributed by atoms with Crippen molar-refractivity contribution in [3.8, 4) is 0 Å². The molecule has 1 atom stereocenters. The SMILES string of the molecule is O=C(O)C=Cc1cnc(N[C@@H]2CCN(CCc3ccccc3Cl)C2)cn1. The Morgan fingerprint density at radius 1 is 1.35 bits per heavy atom. The summed E-state index contributed by atoms with van der Waals surface area (Å²) in [5.74, 6) is -0.299. The number of aliphatic carboxylic acids is 1. The molecule has 1 aliphatic rings. The van der Waals surface area contributed by atoms with Crippen LogP contribution in [0.15, 0.2) is 42.7 Å². The number of rotatable bonds is 7. The van der Waals surface area contributed by atoms with E-state index in [-0.39, 0.29) is 0 Å². The second-order valence-corrected chi connectivity index (χ2v) is 6.68. The molecule has 2 heterocycles. The molecule has 1 saturated heterocycles. The van der Waals surface area contributed by atoms with Crippen LogP contribution in [0.5, 0.6) is 0 Å². The summed E-state index contributed by atoms with van der Waals surface area (Å²) in [4.78, 5) is 21.4. The maximum absolute atomic E-state index is 10.5. The van der Waals surface area contributed by atoms with Gasteiger partial charge in [0.05, 0.1) is 18.1 Å². The maximum Gasteiger partial charge on any atom is 0.328 e. The molecule has 0 bridgehead atoms. The van der Waals surface area contributed by atoms with E-state index < -0.39 is 5.97 Å². The Morgan fingerprint density at radius 2 is 2.19 bits per heavy atom. The van der Waals surface area contributed by atoms with Crippen LogP contribution in [0, 0.1) is 0 Å². The fourth-order valence-corrected chi connectivity index (χ4v) is 3.23. The predicted molar refractivity (Wildman–Crippen MR) is 102 cm³/mol. The Hall–Kier alpha value is -2.44. The third-order valence-electron chi connectivity index (χ3n) is 4.35. The summed E-state index contributed by atoms with van der Waals surface area (Å²) in [6.45, 7) is 2.97. The van der Waals surface area contributed by atoms with Crippen LogP contribution < -0.4 is 5.32 Å². The molecule has 6 nitrogen and oxygen atoms in total. The molecule has 0 amide bonds. The number of carboxylic acids is 1. The van der Waals surface area contributed by atoms with Crippen LogP contribution in [-0.2, 0) is 11.2 Å². The molecular weight excluding hydrogens is 352 g/mol. The maximum atomic E-state index is 10.5. The van der Waals surface area contributed by atoms with Crippen molar-refractivity contribution in [1.29, 1.82) is 0 Å². The third-order valence-corrected chi connectivity index (χ3v) is 4.72. The van der Waals surface area contributed by atoms with Gasteiger partial charge in [-0.25, -0.2) is 9.78 Å². The molecule has 26 heavy (non-hydrogen) atoms. The Labute approximate surface area is 157 Å². The van der Waals surface area contributed by atoms with E-state index in [1.54, 1.807) is 12.4 Å². The lowest BCUT2D eigenvalue weighted by Crippen LogP contribution is -2.28. The van der Waals surface area contributed by atoms with Crippen molar-refractivity contribution >= 4 is 29.5 Å². The molecule has 1 aromatic heterocycles. The largest absolute Gasteiger partial charge is 0.478 e. The molecule has 2 aromatic rings. The van der Waals surface area contributed by atoms with Crippen molar-refractivity contribution < 1.29 is 9.90 Å². The Balaban J connectivity index is 1.47. The van der Waals surface area contributed by atoms with Crippen LogP contribution in [0.4, 0.5) is 5.82 Å². The normalized spacial score (nSPS) is 17.7. The number of nitrogens with one attached hydrogen (secondary N) is 1. The number of hydrogen-bond acceptors (Lipinski definition) is 5. The number of carbonyl (C=O) groups is 1. The zero-order valence-corrected chi connectivity index (χ0v) is 15.1. The van der Waals surface area contributed by atoms with Crippen molar-refractivity contribution in [2.45, 2.75) is 18.9 Å². The van der Waals surface area contributed by atoms with Gasteiger partial charge in [-0.15, -0.1) is 0 Å². The Morgan fingerprint density at radius 3 is 2.92 bits per heavy atom. The minimum atomic E-state index is -1.00. The summed E-state index contributed by atoms with van der Waals surface area (Å²) >= 11 is 6.21. The summed E-state index contributed by atoms with van der Waals surface area (Å²) in [6, 6.07) is 8.30. The lowest BCUT2D eigenvalue weighted by Gasteiger charge is -2.17. The molecule has 2 N–H and O–H groups in total. The van der Waals surface area contributed by atoms with Gasteiger partial charge in [0, 0.05) is 36.8 Å². The summed E-state index contributed by atoms with van der Waals surface area (Å²) in [5, 5.41) is 12.8. The van der Waals surface area contributed by atoms with Crippen molar-refractivity contribution in [2.75, 3.05) is 25.0 Å². The van der Waals surface area contributed by atoms with Gasteiger partial charge in [-0.3, -0.25) is 4.98 Å². The first-order chi connectivity index (χ1) is 12.6. The molecule has 1 aliphatic heterocycles. The highest BCUT2D eigenvalue weighted by Gasteiger charge is 2.22. The molecule has 136 valence electrons. The molecular formula is C19H21ClN4O2. The van der Waals surface area contributed by atoms with Gasteiger partial charge in [0.2, 0.25) is 0 Å². The van der Waals surface area contributed by atoms with Gasteiger partial charge >= 0.3 is 5.97 Å². The molecule has 1 fully saturated rings. The minimum absolute atomic E-state index is 0.330. The topological polar surface area (TPSA) is 78.3 Å². The first-order valence-electron chi connectivity index (χ1n) is 8.55. The Kier molecular flexibility index (Phi) is 6.20. The van der Waals surface area contributed by atoms with Crippen LogP contribution in [-0.4, -0.2) is 51.6 Å². The molecule has 3 rings (SSSR count). The van der Waals surface area contributed by atoms with E-state index in [9.17, 15) is 4.79 Å². The number of halogens is 1. The monoisotopic (exact) mass is 372 g/mol. The molecule has 0 saturated carbocycles. The van der Waals surface area contributed by atoms with Crippen molar-refractivity contribution in [3.05, 3.63) is 59.0 Å². The highest BCUT2D eigenvalue weighted by Crippen LogP contribution is 2.18. The number of benzene rings is 1. The predicted octanol–water partition coefficient (Wildman–Crippen LogP) is 2.96. The number of carboxylic acid groups (broad SMARTS) is 1. The molecule has 0 unspecified atom stereocenters. The van der Waals surface area contributed by atoms with E-state index in [0.29, 0.717) is 17.6 Å². The number of anilines is 1. The van der Waals surface area contributed by atoms with Gasteiger partial charge in [-0.1, -0.05) is 29.8 Å². The van der Waals surface area contributed by atoms with E-state index in [4.69, 9.17) is 16.7 Å². The molecule has 1 aromatic carbocycles. The van der Waals surface area contributed by atoms with Crippen LogP contribution in [0.1, 0.15) is 17.7 Å². The fourth-order valence-electron chi connectivity index (χ4n) is 3.00. The summed E-state index contributed by atoms with van der Waals surface area (Å²) in [6.07, 6.45) is 7.65. The molecule has 0 radical (unpaired) electrons. The van der Waals surface area contributed by atoms with E-state index in [0.717, 1.165) is 43.6 Å². The van der Waals surface area contributed by atoms with Gasteiger partial charge in [-0.05, 0) is 30.5 Å². The molecule has 0 aliphatic carbocycles. The van der Waals surface area contributed by atoms with Crippen LogP contribution >= 0.6 is 11.6 Å². The highest BCUT2D eigenvalue weighted by atomic mass is 35.5.